The van der Waals surface area contributed by atoms with Crippen molar-refractivity contribution in [2.75, 3.05) is 40.8 Å². The Bertz CT molecular complexity index is 413. The second-order valence-corrected chi connectivity index (χ2v) is 6.49. The van der Waals surface area contributed by atoms with Gasteiger partial charge in [-0.1, -0.05) is 31.2 Å². The van der Waals surface area contributed by atoms with Crippen LogP contribution in [0.25, 0.3) is 0 Å². The van der Waals surface area contributed by atoms with E-state index < -0.39 is 0 Å². The zero-order valence-electron chi connectivity index (χ0n) is 14.1. The van der Waals surface area contributed by atoms with Crippen molar-refractivity contribution in [1.29, 1.82) is 0 Å². The van der Waals surface area contributed by atoms with E-state index in [1.54, 1.807) is 0 Å². The largest absolute Gasteiger partial charge is 0.312 e. The maximum atomic E-state index is 3.50. The number of hydrogen-bond acceptors (Lipinski definition) is 3. The van der Waals surface area contributed by atoms with Crippen LogP contribution in [0.2, 0.25) is 0 Å². The minimum Gasteiger partial charge on any atom is -0.312 e. The molecule has 0 bridgehead atoms. The van der Waals surface area contributed by atoms with Crippen LogP contribution in [0.4, 0.5) is 0 Å². The van der Waals surface area contributed by atoms with Crippen LogP contribution in [0.3, 0.4) is 0 Å². The number of nitrogens with one attached hydrogen (secondary N) is 1. The Hall–Kier alpha value is -0.900. The van der Waals surface area contributed by atoms with E-state index in [0.29, 0.717) is 12.1 Å². The fourth-order valence-electron chi connectivity index (χ4n) is 3.35. The second kappa shape index (κ2) is 7.92. The number of nitrogens with zero attached hydrogens (tertiary/aromatic N) is 2. The average molecular weight is 289 g/mol. The summed E-state index contributed by atoms with van der Waals surface area (Å²) in [5, 5.41) is 3.50. The van der Waals surface area contributed by atoms with Gasteiger partial charge in [0.1, 0.15) is 0 Å². The molecule has 2 atom stereocenters. The molecule has 1 aromatic carbocycles. The Kier molecular flexibility index (Phi) is 6.22. The van der Waals surface area contributed by atoms with Gasteiger partial charge in [-0.25, -0.2) is 0 Å². The van der Waals surface area contributed by atoms with Gasteiger partial charge < -0.3 is 10.2 Å². The van der Waals surface area contributed by atoms with Crippen molar-refractivity contribution >= 4 is 0 Å². The van der Waals surface area contributed by atoms with Crippen LogP contribution in [0.1, 0.15) is 36.9 Å². The zero-order valence-corrected chi connectivity index (χ0v) is 14.1. The van der Waals surface area contributed by atoms with Gasteiger partial charge in [0.05, 0.1) is 0 Å². The molecular weight excluding hydrogens is 258 g/mol. The summed E-state index contributed by atoms with van der Waals surface area (Å²) < 4.78 is 0. The van der Waals surface area contributed by atoms with Crippen LogP contribution >= 0.6 is 0 Å². The summed E-state index contributed by atoms with van der Waals surface area (Å²) in [6, 6.07) is 10.3. The number of hydrogen-bond donors (Lipinski definition) is 1. The fraction of sp³-hybridized carbons (Fsp3) is 0.667. The molecule has 0 aliphatic carbocycles. The van der Waals surface area contributed by atoms with Crippen LogP contribution in [0, 0.1) is 0 Å². The quantitative estimate of drug-likeness (QED) is 0.832. The highest BCUT2D eigenvalue weighted by molar-refractivity contribution is 5.25. The lowest BCUT2D eigenvalue weighted by Crippen LogP contribution is -2.41. The summed E-state index contributed by atoms with van der Waals surface area (Å²) in [5.41, 5.74) is 2.82. The van der Waals surface area contributed by atoms with Gasteiger partial charge in [0, 0.05) is 25.2 Å². The summed E-state index contributed by atoms with van der Waals surface area (Å²) in [7, 11) is 6.43. The Morgan fingerprint density at radius 3 is 2.57 bits per heavy atom. The van der Waals surface area contributed by atoms with Crippen molar-refractivity contribution in [3.63, 3.8) is 0 Å². The smallest absolute Gasteiger partial charge is 0.0447 e. The van der Waals surface area contributed by atoms with Crippen molar-refractivity contribution in [1.82, 2.24) is 15.1 Å². The molecule has 0 spiro atoms. The van der Waals surface area contributed by atoms with E-state index in [4.69, 9.17) is 0 Å². The van der Waals surface area contributed by atoms with Crippen molar-refractivity contribution in [3.8, 4) is 0 Å². The molecule has 2 unspecified atom stereocenters. The van der Waals surface area contributed by atoms with Gasteiger partial charge in [-0.3, -0.25) is 4.90 Å². The number of rotatable bonds is 7. The Morgan fingerprint density at radius 2 is 2.00 bits per heavy atom. The third-order valence-corrected chi connectivity index (χ3v) is 4.63. The molecule has 21 heavy (non-hydrogen) atoms. The van der Waals surface area contributed by atoms with E-state index in [2.05, 4.69) is 67.4 Å². The minimum atomic E-state index is 0.429. The number of aryl methyl sites for hydroxylation is 1. The van der Waals surface area contributed by atoms with E-state index in [-0.39, 0.29) is 0 Å². The van der Waals surface area contributed by atoms with Crippen LogP contribution < -0.4 is 5.32 Å². The zero-order chi connectivity index (χ0) is 15.2. The molecule has 1 saturated heterocycles. The third kappa shape index (κ3) is 4.53. The molecule has 0 saturated carbocycles. The molecule has 1 heterocycles. The Morgan fingerprint density at radius 1 is 1.29 bits per heavy atom. The Balaban J connectivity index is 2.00. The lowest BCUT2D eigenvalue weighted by molar-refractivity contribution is 0.192. The standard InChI is InChI=1S/C18H31N3/c1-5-15-8-10-16(11-9-15)18(19-2)14-21-12-6-7-17(21)13-20(3)4/h8-11,17-19H,5-7,12-14H2,1-4H3. The summed E-state index contributed by atoms with van der Waals surface area (Å²) in [5.74, 6) is 0. The first-order valence-electron chi connectivity index (χ1n) is 8.29. The third-order valence-electron chi connectivity index (χ3n) is 4.63. The van der Waals surface area contributed by atoms with Gasteiger partial charge in [0.15, 0.2) is 0 Å². The average Bonchev–Trinajstić information content (AvgIpc) is 2.91. The molecule has 2 rings (SSSR count). The number of benzene rings is 1. The van der Waals surface area contributed by atoms with Crippen molar-refractivity contribution in [3.05, 3.63) is 35.4 Å². The molecule has 0 radical (unpaired) electrons. The molecule has 0 aromatic heterocycles. The van der Waals surface area contributed by atoms with Crippen LogP contribution in [0.15, 0.2) is 24.3 Å². The summed E-state index contributed by atoms with van der Waals surface area (Å²) in [6.45, 7) is 5.73. The summed E-state index contributed by atoms with van der Waals surface area (Å²) in [6.07, 6.45) is 3.79. The summed E-state index contributed by atoms with van der Waals surface area (Å²) >= 11 is 0. The van der Waals surface area contributed by atoms with Crippen LogP contribution in [-0.2, 0) is 6.42 Å². The molecular formula is C18H31N3. The van der Waals surface area contributed by atoms with Crippen molar-refractivity contribution in [2.24, 2.45) is 0 Å². The molecule has 1 aromatic rings. The molecule has 1 N–H and O–H groups in total. The van der Waals surface area contributed by atoms with E-state index in [9.17, 15) is 0 Å². The van der Waals surface area contributed by atoms with E-state index in [0.717, 1.165) is 13.0 Å². The first kappa shape index (κ1) is 16.5. The van der Waals surface area contributed by atoms with E-state index in [1.807, 2.05) is 0 Å². The molecule has 0 amide bonds. The van der Waals surface area contributed by atoms with Gasteiger partial charge in [-0.05, 0) is 58.1 Å². The van der Waals surface area contributed by atoms with Crippen LogP contribution in [0.5, 0.6) is 0 Å². The van der Waals surface area contributed by atoms with Gasteiger partial charge in [-0.2, -0.15) is 0 Å². The SMILES string of the molecule is CCc1ccc(C(CN2CCCC2CN(C)C)NC)cc1. The normalized spacial score (nSPS) is 21.1. The topological polar surface area (TPSA) is 18.5 Å². The number of likely N-dealkylation sites (N-methyl/N-ethyl adjacent to an activating group) is 2. The van der Waals surface area contributed by atoms with Gasteiger partial charge >= 0.3 is 0 Å². The predicted octanol–water partition coefficient (Wildman–Crippen LogP) is 2.54. The summed E-state index contributed by atoms with van der Waals surface area (Å²) in [4.78, 5) is 4.97. The maximum absolute atomic E-state index is 3.50. The van der Waals surface area contributed by atoms with Crippen molar-refractivity contribution < 1.29 is 0 Å². The fourth-order valence-corrected chi connectivity index (χ4v) is 3.35. The Labute approximate surface area is 130 Å². The number of likely N-dealkylation sites (tertiary alicyclic amines) is 1. The monoisotopic (exact) mass is 289 g/mol. The highest BCUT2D eigenvalue weighted by Crippen LogP contribution is 2.22. The lowest BCUT2D eigenvalue weighted by atomic mass is 10.0. The lowest BCUT2D eigenvalue weighted by Gasteiger charge is -2.30. The van der Waals surface area contributed by atoms with E-state index in [1.165, 1.54) is 37.1 Å². The highest BCUT2D eigenvalue weighted by atomic mass is 15.2. The first-order valence-corrected chi connectivity index (χ1v) is 8.29. The molecule has 118 valence electrons. The molecule has 1 fully saturated rings. The maximum Gasteiger partial charge on any atom is 0.0447 e. The molecule has 3 heteroatoms. The second-order valence-electron chi connectivity index (χ2n) is 6.49. The van der Waals surface area contributed by atoms with E-state index >= 15 is 0 Å². The minimum absolute atomic E-state index is 0.429. The van der Waals surface area contributed by atoms with Gasteiger partial charge in [0.25, 0.3) is 0 Å². The molecule has 1 aliphatic rings. The predicted molar refractivity (Wildman–Crippen MR) is 90.8 cm³/mol. The van der Waals surface area contributed by atoms with Crippen LogP contribution in [-0.4, -0.2) is 56.6 Å². The van der Waals surface area contributed by atoms with Crippen molar-refractivity contribution in [2.45, 2.75) is 38.3 Å². The van der Waals surface area contributed by atoms with Gasteiger partial charge in [0.2, 0.25) is 0 Å². The first-order chi connectivity index (χ1) is 10.1. The highest BCUT2D eigenvalue weighted by Gasteiger charge is 2.27. The van der Waals surface area contributed by atoms with Gasteiger partial charge in [-0.15, -0.1) is 0 Å². The molecule has 3 nitrogen and oxygen atoms in total. The molecule has 1 aliphatic heterocycles.